The van der Waals surface area contributed by atoms with Gasteiger partial charge in [-0.05, 0) is 42.3 Å². The van der Waals surface area contributed by atoms with E-state index in [1.54, 1.807) is 33.5 Å². The van der Waals surface area contributed by atoms with E-state index in [1.165, 1.54) is 14.2 Å². The number of methoxy groups -OCH3 is 5. The number of guanidine groups is 1. The first-order valence-electron chi connectivity index (χ1n) is 10.1. The second-order valence-corrected chi connectivity index (χ2v) is 6.61. The van der Waals surface area contributed by atoms with E-state index in [1.807, 2.05) is 25.1 Å². The molecule has 2 rings (SSSR count). The molecule has 9 nitrogen and oxygen atoms in total. The second kappa shape index (κ2) is 14.3. The van der Waals surface area contributed by atoms with Gasteiger partial charge in [-0.15, -0.1) is 24.0 Å². The van der Waals surface area contributed by atoms with Gasteiger partial charge >= 0.3 is 5.97 Å². The first-order chi connectivity index (χ1) is 15.5. The standard InChI is InChI=1S/C23H31N3O6.HI/c1-7-24-23(25-13-15-8-9-18(28-2)17(10-15)22(27)32-6)26-14-16-11-19(29-3)21(31-5)20(12-16)30-4;/h8-12H,7,13-14H2,1-6H3,(H2,24,25,26);1H. The molecule has 10 heteroatoms. The molecule has 33 heavy (non-hydrogen) atoms. The Kier molecular flexibility index (Phi) is 12.2. The molecule has 0 aliphatic rings. The second-order valence-electron chi connectivity index (χ2n) is 6.61. The first-order valence-corrected chi connectivity index (χ1v) is 10.1. The van der Waals surface area contributed by atoms with Gasteiger partial charge < -0.3 is 34.3 Å². The summed E-state index contributed by atoms with van der Waals surface area (Å²) in [6.45, 7) is 3.52. The van der Waals surface area contributed by atoms with Crippen LogP contribution in [-0.2, 0) is 17.8 Å². The maximum atomic E-state index is 12.0. The van der Waals surface area contributed by atoms with Crippen molar-refractivity contribution in [3.05, 3.63) is 47.0 Å². The number of hydrogen-bond donors (Lipinski definition) is 2. The first kappa shape index (κ1) is 28.1. The number of carbonyl (C=O) groups is 1. The third kappa shape index (κ3) is 7.58. The zero-order valence-electron chi connectivity index (χ0n) is 19.8. The Morgan fingerprint density at radius 3 is 2.00 bits per heavy atom. The van der Waals surface area contributed by atoms with Gasteiger partial charge in [-0.25, -0.2) is 9.79 Å². The van der Waals surface area contributed by atoms with Crippen molar-refractivity contribution in [2.45, 2.75) is 20.0 Å². The summed E-state index contributed by atoms with van der Waals surface area (Å²) >= 11 is 0. The predicted octanol–water partition coefficient (Wildman–Crippen LogP) is 3.38. The van der Waals surface area contributed by atoms with Crippen molar-refractivity contribution in [1.29, 1.82) is 0 Å². The highest BCUT2D eigenvalue weighted by Crippen LogP contribution is 2.38. The van der Waals surface area contributed by atoms with Gasteiger partial charge in [0.15, 0.2) is 17.5 Å². The highest BCUT2D eigenvalue weighted by molar-refractivity contribution is 14.0. The lowest BCUT2D eigenvalue weighted by molar-refractivity contribution is 0.0597. The van der Waals surface area contributed by atoms with E-state index >= 15 is 0 Å². The predicted molar refractivity (Wildman–Crippen MR) is 138 cm³/mol. The summed E-state index contributed by atoms with van der Waals surface area (Å²) in [5.74, 6) is 2.31. The molecular formula is C23H32IN3O6. The van der Waals surface area contributed by atoms with Gasteiger partial charge in [0.05, 0.1) is 42.1 Å². The van der Waals surface area contributed by atoms with Gasteiger partial charge in [0.1, 0.15) is 11.3 Å². The monoisotopic (exact) mass is 573 g/mol. The fourth-order valence-electron chi connectivity index (χ4n) is 3.06. The summed E-state index contributed by atoms with van der Waals surface area (Å²) < 4.78 is 26.3. The van der Waals surface area contributed by atoms with Crippen LogP contribution in [0.2, 0.25) is 0 Å². The third-order valence-electron chi connectivity index (χ3n) is 4.62. The van der Waals surface area contributed by atoms with Crippen LogP contribution in [0.4, 0.5) is 0 Å². The van der Waals surface area contributed by atoms with Crippen LogP contribution in [0.25, 0.3) is 0 Å². The van der Waals surface area contributed by atoms with Crippen LogP contribution in [0, 0.1) is 0 Å². The van der Waals surface area contributed by atoms with Crippen LogP contribution in [0.5, 0.6) is 23.0 Å². The third-order valence-corrected chi connectivity index (χ3v) is 4.62. The maximum absolute atomic E-state index is 12.0. The van der Waals surface area contributed by atoms with Gasteiger partial charge in [-0.2, -0.15) is 0 Å². The van der Waals surface area contributed by atoms with Gasteiger partial charge in [0.2, 0.25) is 5.75 Å². The Labute approximate surface area is 211 Å². The number of carbonyl (C=O) groups excluding carboxylic acids is 1. The lowest BCUT2D eigenvalue weighted by Crippen LogP contribution is -2.36. The molecule has 0 heterocycles. The number of nitrogens with zero attached hydrogens (tertiary/aromatic N) is 1. The van der Waals surface area contributed by atoms with E-state index in [0.29, 0.717) is 54.2 Å². The molecule has 0 spiro atoms. The summed E-state index contributed by atoms with van der Waals surface area (Å²) in [6.07, 6.45) is 0. The number of esters is 1. The molecule has 0 amide bonds. The van der Waals surface area contributed by atoms with Crippen molar-refractivity contribution in [3.63, 3.8) is 0 Å². The van der Waals surface area contributed by atoms with Gasteiger partial charge in [-0.1, -0.05) is 6.07 Å². The number of benzene rings is 2. The van der Waals surface area contributed by atoms with Crippen molar-refractivity contribution in [2.75, 3.05) is 42.1 Å². The Morgan fingerprint density at radius 2 is 1.48 bits per heavy atom. The number of hydrogen-bond acceptors (Lipinski definition) is 7. The molecule has 0 fully saturated rings. The van der Waals surface area contributed by atoms with E-state index in [4.69, 9.17) is 23.7 Å². The lowest BCUT2D eigenvalue weighted by atomic mass is 10.1. The molecule has 0 aromatic heterocycles. The zero-order valence-corrected chi connectivity index (χ0v) is 22.1. The van der Waals surface area contributed by atoms with Crippen molar-refractivity contribution in [1.82, 2.24) is 10.6 Å². The van der Waals surface area contributed by atoms with E-state index in [9.17, 15) is 4.79 Å². The van der Waals surface area contributed by atoms with Gasteiger partial charge in [0.25, 0.3) is 0 Å². The van der Waals surface area contributed by atoms with Crippen LogP contribution in [0.1, 0.15) is 28.4 Å². The number of rotatable bonds is 10. The van der Waals surface area contributed by atoms with Crippen LogP contribution in [0.15, 0.2) is 35.3 Å². The van der Waals surface area contributed by atoms with Crippen molar-refractivity contribution in [2.24, 2.45) is 4.99 Å². The highest BCUT2D eigenvalue weighted by atomic mass is 127. The SMILES string of the molecule is CCNC(=NCc1cc(OC)c(OC)c(OC)c1)NCc1ccc(OC)c(C(=O)OC)c1.I. The van der Waals surface area contributed by atoms with Crippen LogP contribution >= 0.6 is 24.0 Å². The van der Waals surface area contributed by atoms with E-state index in [2.05, 4.69) is 15.6 Å². The Morgan fingerprint density at radius 1 is 0.848 bits per heavy atom. The molecule has 0 bridgehead atoms. The molecule has 2 aromatic rings. The van der Waals surface area contributed by atoms with Gasteiger partial charge in [-0.3, -0.25) is 0 Å². The fourth-order valence-corrected chi connectivity index (χ4v) is 3.06. The quantitative estimate of drug-likeness (QED) is 0.193. The Bertz CT molecular complexity index is 927. The van der Waals surface area contributed by atoms with Gasteiger partial charge in [0, 0.05) is 13.1 Å². The fraction of sp³-hybridized carbons (Fsp3) is 0.391. The molecule has 0 unspecified atom stereocenters. The minimum Gasteiger partial charge on any atom is -0.496 e. The summed E-state index contributed by atoms with van der Waals surface area (Å²) in [4.78, 5) is 16.6. The van der Waals surface area contributed by atoms with Crippen LogP contribution in [-0.4, -0.2) is 54.0 Å². The maximum Gasteiger partial charge on any atom is 0.341 e. The number of nitrogens with one attached hydrogen (secondary N) is 2. The Hall–Kier alpha value is -2.89. The molecular weight excluding hydrogens is 541 g/mol. The molecule has 0 saturated carbocycles. The molecule has 182 valence electrons. The zero-order chi connectivity index (χ0) is 23.5. The van der Waals surface area contributed by atoms with E-state index < -0.39 is 5.97 Å². The van der Waals surface area contributed by atoms with Crippen molar-refractivity contribution >= 4 is 35.9 Å². The average Bonchev–Trinajstić information content (AvgIpc) is 2.84. The van der Waals surface area contributed by atoms with Crippen LogP contribution < -0.4 is 29.6 Å². The average molecular weight is 573 g/mol. The molecule has 0 aliphatic heterocycles. The molecule has 2 N–H and O–H groups in total. The molecule has 0 aliphatic carbocycles. The van der Waals surface area contributed by atoms with E-state index in [0.717, 1.165) is 11.1 Å². The largest absolute Gasteiger partial charge is 0.496 e. The summed E-state index contributed by atoms with van der Waals surface area (Å²) in [7, 11) is 7.57. The number of halogens is 1. The van der Waals surface area contributed by atoms with Crippen molar-refractivity contribution < 1.29 is 28.5 Å². The number of aliphatic imine (C=N–C) groups is 1. The molecule has 0 atom stereocenters. The minimum absolute atomic E-state index is 0. The van der Waals surface area contributed by atoms with E-state index in [-0.39, 0.29) is 24.0 Å². The molecule has 0 radical (unpaired) electrons. The van der Waals surface area contributed by atoms with Crippen molar-refractivity contribution in [3.8, 4) is 23.0 Å². The molecule has 0 saturated heterocycles. The topological polar surface area (TPSA) is 99.6 Å². The smallest absolute Gasteiger partial charge is 0.341 e. The van der Waals surface area contributed by atoms with Crippen LogP contribution in [0.3, 0.4) is 0 Å². The summed E-state index contributed by atoms with van der Waals surface area (Å²) in [5.41, 5.74) is 2.15. The minimum atomic E-state index is -0.452. The summed E-state index contributed by atoms with van der Waals surface area (Å²) in [6, 6.07) is 9.08. The number of ether oxygens (including phenoxy) is 5. The Balaban J connectivity index is 0.00000544. The summed E-state index contributed by atoms with van der Waals surface area (Å²) in [5, 5.41) is 6.48. The normalized spacial score (nSPS) is 10.5. The lowest BCUT2D eigenvalue weighted by Gasteiger charge is -2.15. The molecule has 2 aromatic carbocycles. The highest BCUT2D eigenvalue weighted by Gasteiger charge is 2.14.